The van der Waals surface area contributed by atoms with Crippen LogP contribution < -0.4 is 9.47 Å². The SMILES string of the molecule is CCCCn1c(-c2ccccc2)nc(Cl)c1CN(CCOC)Cc1ccc2c(c1)OCCO2. The Morgan fingerprint density at radius 2 is 1.85 bits per heavy atom. The number of nitrogens with zero attached hydrogens (tertiary/aromatic N) is 3. The number of benzene rings is 2. The van der Waals surface area contributed by atoms with Crippen molar-refractivity contribution in [3.8, 4) is 22.9 Å². The largest absolute Gasteiger partial charge is 0.486 e. The fraction of sp³-hybridized carbons (Fsp3) is 0.423. The number of imidazole rings is 1. The summed E-state index contributed by atoms with van der Waals surface area (Å²) in [6.45, 7) is 7.10. The Hall–Kier alpha value is -2.54. The predicted molar refractivity (Wildman–Crippen MR) is 131 cm³/mol. The molecule has 0 saturated carbocycles. The number of hydrogen-bond donors (Lipinski definition) is 0. The highest BCUT2D eigenvalue weighted by molar-refractivity contribution is 6.30. The van der Waals surface area contributed by atoms with Gasteiger partial charge in [0.15, 0.2) is 16.7 Å². The zero-order chi connectivity index (χ0) is 23.0. The van der Waals surface area contributed by atoms with Crippen molar-refractivity contribution in [3.63, 3.8) is 0 Å². The van der Waals surface area contributed by atoms with Crippen molar-refractivity contribution in [2.24, 2.45) is 0 Å². The van der Waals surface area contributed by atoms with Crippen LogP contribution in [0.1, 0.15) is 31.0 Å². The minimum Gasteiger partial charge on any atom is -0.486 e. The molecule has 0 amide bonds. The molecule has 1 aromatic heterocycles. The molecule has 0 atom stereocenters. The molecule has 0 radical (unpaired) electrons. The fourth-order valence-corrected chi connectivity index (χ4v) is 4.30. The third-order valence-electron chi connectivity index (χ3n) is 5.79. The molecule has 4 rings (SSSR count). The molecule has 1 aliphatic heterocycles. The maximum absolute atomic E-state index is 6.73. The van der Waals surface area contributed by atoms with Gasteiger partial charge in [0.05, 0.1) is 12.3 Å². The summed E-state index contributed by atoms with van der Waals surface area (Å²) >= 11 is 6.73. The van der Waals surface area contributed by atoms with Crippen LogP contribution in [0.5, 0.6) is 11.5 Å². The molecule has 2 heterocycles. The smallest absolute Gasteiger partial charge is 0.161 e. The van der Waals surface area contributed by atoms with Crippen molar-refractivity contribution in [1.29, 1.82) is 0 Å². The molecule has 0 bridgehead atoms. The van der Waals surface area contributed by atoms with Gasteiger partial charge >= 0.3 is 0 Å². The first-order chi connectivity index (χ1) is 16.2. The van der Waals surface area contributed by atoms with E-state index in [-0.39, 0.29) is 0 Å². The molecule has 0 saturated heterocycles. The van der Waals surface area contributed by atoms with Crippen molar-refractivity contribution < 1.29 is 14.2 Å². The Kier molecular flexibility index (Phi) is 8.26. The van der Waals surface area contributed by atoms with Gasteiger partial charge in [0.25, 0.3) is 0 Å². The predicted octanol–water partition coefficient (Wildman–Crippen LogP) is 5.42. The number of hydrogen-bond acceptors (Lipinski definition) is 5. The Bertz CT molecular complexity index is 1040. The molecule has 0 aliphatic carbocycles. The van der Waals surface area contributed by atoms with Gasteiger partial charge in [-0.2, -0.15) is 0 Å². The number of aromatic nitrogens is 2. The third kappa shape index (κ3) is 5.88. The summed E-state index contributed by atoms with van der Waals surface area (Å²) < 4.78 is 19.1. The van der Waals surface area contributed by atoms with E-state index in [4.69, 9.17) is 30.8 Å². The van der Waals surface area contributed by atoms with Crippen molar-refractivity contribution in [2.75, 3.05) is 33.5 Å². The highest BCUT2D eigenvalue weighted by Gasteiger charge is 2.20. The molecule has 7 heteroatoms. The van der Waals surface area contributed by atoms with Gasteiger partial charge in [-0.25, -0.2) is 4.98 Å². The Morgan fingerprint density at radius 1 is 1.06 bits per heavy atom. The van der Waals surface area contributed by atoms with Crippen LogP contribution in [-0.4, -0.2) is 47.9 Å². The second kappa shape index (κ2) is 11.5. The average Bonchev–Trinajstić information content (AvgIpc) is 3.16. The summed E-state index contributed by atoms with van der Waals surface area (Å²) in [7, 11) is 1.73. The van der Waals surface area contributed by atoms with E-state index in [1.54, 1.807) is 7.11 Å². The molecule has 1 aliphatic rings. The lowest BCUT2D eigenvalue weighted by atomic mass is 10.1. The molecule has 0 unspecified atom stereocenters. The van der Waals surface area contributed by atoms with Crippen molar-refractivity contribution >= 4 is 11.6 Å². The summed E-state index contributed by atoms with van der Waals surface area (Å²) in [5, 5.41) is 0.564. The van der Waals surface area contributed by atoms with Crippen LogP contribution in [0.4, 0.5) is 0 Å². The number of methoxy groups -OCH3 is 1. The molecule has 0 fully saturated rings. The van der Waals surface area contributed by atoms with Gasteiger partial charge in [0.2, 0.25) is 0 Å². The molecule has 2 aromatic carbocycles. The summed E-state index contributed by atoms with van der Waals surface area (Å²) in [4.78, 5) is 7.11. The summed E-state index contributed by atoms with van der Waals surface area (Å²) in [6, 6.07) is 16.4. The van der Waals surface area contributed by atoms with Crippen molar-refractivity contribution in [3.05, 3.63) is 64.9 Å². The lowest BCUT2D eigenvalue weighted by molar-refractivity contribution is 0.138. The van der Waals surface area contributed by atoms with Crippen LogP contribution in [0.15, 0.2) is 48.5 Å². The first-order valence-corrected chi connectivity index (χ1v) is 12.0. The molecular formula is C26H32ClN3O3. The van der Waals surface area contributed by atoms with Crippen LogP contribution in [0.2, 0.25) is 5.15 Å². The number of ether oxygens (including phenoxy) is 3. The van der Waals surface area contributed by atoms with Gasteiger partial charge in [-0.3, -0.25) is 4.90 Å². The number of fused-ring (bicyclic) bond motifs is 1. The van der Waals surface area contributed by atoms with E-state index >= 15 is 0 Å². The van der Waals surface area contributed by atoms with Crippen LogP contribution in [0.3, 0.4) is 0 Å². The minimum absolute atomic E-state index is 0.564. The Labute approximate surface area is 201 Å². The zero-order valence-corrected chi connectivity index (χ0v) is 20.2. The molecule has 0 spiro atoms. The molecule has 33 heavy (non-hydrogen) atoms. The van der Waals surface area contributed by atoms with E-state index in [1.165, 1.54) is 0 Å². The van der Waals surface area contributed by atoms with E-state index in [9.17, 15) is 0 Å². The van der Waals surface area contributed by atoms with E-state index < -0.39 is 0 Å². The third-order valence-corrected chi connectivity index (χ3v) is 6.09. The normalized spacial score (nSPS) is 13.0. The van der Waals surface area contributed by atoms with Gasteiger partial charge in [-0.1, -0.05) is 61.3 Å². The minimum atomic E-state index is 0.564. The summed E-state index contributed by atoms with van der Waals surface area (Å²) in [5.41, 5.74) is 3.28. The Balaban J connectivity index is 1.61. The van der Waals surface area contributed by atoms with Gasteiger partial charge in [-0.15, -0.1) is 0 Å². The maximum atomic E-state index is 6.73. The summed E-state index contributed by atoms with van der Waals surface area (Å²) in [6.07, 6.45) is 2.17. The van der Waals surface area contributed by atoms with E-state index in [1.807, 2.05) is 24.3 Å². The molecule has 6 nitrogen and oxygen atoms in total. The second-order valence-corrected chi connectivity index (χ2v) is 8.58. The van der Waals surface area contributed by atoms with E-state index in [0.29, 0.717) is 31.5 Å². The number of halogens is 1. The van der Waals surface area contributed by atoms with Gasteiger partial charge < -0.3 is 18.8 Å². The van der Waals surface area contributed by atoms with Crippen LogP contribution in [0.25, 0.3) is 11.4 Å². The lowest BCUT2D eigenvalue weighted by Crippen LogP contribution is -2.28. The van der Waals surface area contributed by atoms with Crippen molar-refractivity contribution in [1.82, 2.24) is 14.5 Å². The van der Waals surface area contributed by atoms with Crippen LogP contribution in [0, 0.1) is 0 Å². The van der Waals surface area contributed by atoms with Gasteiger partial charge in [0.1, 0.15) is 19.0 Å². The maximum Gasteiger partial charge on any atom is 0.161 e. The van der Waals surface area contributed by atoms with E-state index in [0.717, 1.165) is 66.6 Å². The monoisotopic (exact) mass is 469 g/mol. The van der Waals surface area contributed by atoms with Crippen molar-refractivity contribution in [2.45, 2.75) is 39.4 Å². The van der Waals surface area contributed by atoms with Gasteiger partial charge in [0, 0.05) is 38.9 Å². The number of rotatable bonds is 11. The molecule has 0 N–H and O–H groups in total. The average molecular weight is 470 g/mol. The van der Waals surface area contributed by atoms with Gasteiger partial charge in [-0.05, 0) is 24.1 Å². The quantitative estimate of drug-likeness (QED) is 0.375. The highest BCUT2D eigenvalue weighted by Crippen LogP contribution is 2.32. The number of unbranched alkanes of at least 4 members (excludes halogenated alkanes) is 1. The summed E-state index contributed by atoms with van der Waals surface area (Å²) in [5.74, 6) is 2.54. The van der Waals surface area contributed by atoms with Crippen LogP contribution >= 0.6 is 11.6 Å². The first-order valence-electron chi connectivity index (χ1n) is 11.6. The van der Waals surface area contributed by atoms with E-state index in [2.05, 4.69) is 40.7 Å². The Morgan fingerprint density at radius 3 is 2.61 bits per heavy atom. The topological polar surface area (TPSA) is 48.8 Å². The lowest BCUT2D eigenvalue weighted by Gasteiger charge is -2.25. The molecular weight excluding hydrogens is 438 g/mol. The molecule has 176 valence electrons. The highest BCUT2D eigenvalue weighted by atomic mass is 35.5. The van der Waals surface area contributed by atoms with Crippen LogP contribution in [-0.2, 0) is 24.4 Å². The first kappa shape index (κ1) is 23.6. The zero-order valence-electron chi connectivity index (χ0n) is 19.4. The second-order valence-electron chi connectivity index (χ2n) is 8.23. The fourth-order valence-electron chi connectivity index (χ4n) is 4.06. The molecule has 3 aromatic rings. The standard InChI is InChI=1S/C26H32ClN3O3/c1-3-4-12-30-22(25(27)28-26(30)21-8-6-5-7-9-21)19-29(13-14-31-2)18-20-10-11-23-24(17-20)33-16-15-32-23/h5-11,17H,3-4,12-16,18-19H2,1-2H3.